The van der Waals surface area contributed by atoms with Crippen LogP contribution in [0.1, 0.15) is 22.7 Å². The number of hydrogen-bond acceptors (Lipinski definition) is 4. The van der Waals surface area contributed by atoms with E-state index in [0.717, 1.165) is 11.1 Å². The number of nitrogens with zero attached hydrogens (tertiary/aromatic N) is 1. The van der Waals surface area contributed by atoms with Gasteiger partial charge in [-0.05, 0) is 11.6 Å². The quantitative estimate of drug-likeness (QED) is 0.582. The number of carbonyl (C=O) groups is 1. The number of benzene rings is 3. The molecular formula is C24H20FNO3. The van der Waals surface area contributed by atoms with Gasteiger partial charge in [0.2, 0.25) is 0 Å². The van der Waals surface area contributed by atoms with Gasteiger partial charge in [-0.3, -0.25) is 0 Å². The third kappa shape index (κ3) is 3.77. The van der Waals surface area contributed by atoms with Gasteiger partial charge in [-0.1, -0.05) is 78.9 Å². The zero-order chi connectivity index (χ0) is 20.2. The lowest BCUT2D eigenvalue weighted by atomic mass is 9.95. The number of methoxy groups -OCH3 is 1. The number of halogens is 1. The lowest BCUT2D eigenvalue weighted by Crippen LogP contribution is -2.26. The Bertz CT molecular complexity index is 1030. The van der Waals surface area contributed by atoms with E-state index in [1.54, 1.807) is 23.3 Å². The van der Waals surface area contributed by atoms with Crippen LogP contribution < -0.4 is 0 Å². The summed E-state index contributed by atoms with van der Waals surface area (Å²) in [5.41, 5.74) is 2.34. The normalized spacial score (nSPS) is 16.6. The molecule has 1 heterocycles. The average molecular weight is 389 g/mol. The van der Waals surface area contributed by atoms with E-state index in [0.29, 0.717) is 17.9 Å². The molecule has 0 bridgehead atoms. The summed E-state index contributed by atoms with van der Waals surface area (Å²) < 4.78 is 19.8. The van der Waals surface area contributed by atoms with Gasteiger partial charge in [-0.15, -0.1) is 5.06 Å². The second-order valence-corrected chi connectivity index (χ2v) is 6.68. The van der Waals surface area contributed by atoms with E-state index in [9.17, 15) is 9.18 Å². The van der Waals surface area contributed by atoms with Crippen LogP contribution in [-0.2, 0) is 20.9 Å². The first-order valence-corrected chi connectivity index (χ1v) is 9.30. The van der Waals surface area contributed by atoms with E-state index in [1.165, 1.54) is 13.2 Å². The molecular weight excluding hydrogens is 369 g/mol. The summed E-state index contributed by atoms with van der Waals surface area (Å²) >= 11 is 0. The van der Waals surface area contributed by atoms with Crippen LogP contribution in [0.3, 0.4) is 0 Å². The average Bonchev–Trinajstić information content (AvgIpc) is 3.13. The number of hydroxylamine groups is 2. The molecule has 146 valence electrons. The molecule has 1 aliphatic rings. The van der Waals surface area contributed by atoms with E-state index in [-0.39, 0.29) is 5.57 Å². The van der Waals surface area contributed by atoms with Gasteiger partial charge >= 0.3 is 5.97 Å². The molecule has 3 aromatic rings. The van der Waals surface area contributed by atoms with Crippen molar-refractivity contribution < 1.29 is 18.8 Å². The van der Waals surface area contributed by atoms with Crippen molar-refractivity contribution in [1.29, 1.82) is 0 Å². The van der Waals surface area contributed by atoms with Gasteiger partial charge in [0.15, 0.2) is 5.76 Å². The maximum atomic E-state index is 14.8. The third-order valence-electron chi connectivity index (χ3n) is 4.84. The first kappa shape index (κ1) is 18.9. The van der Waals surface area contributed by atoms with E-state index in [2.05, 4.69) is 0 Å². The predicted molar refractivity (Wildman–Crippen MR) is 108 cm³/mol. The van der Waals surface area contributed by atoms with Crippen molar-refractivity contribution in [3.63, 3.8) is 0 Å². The van der Waals surface area contributed by atoms with Crippen molar-refractivity contribution in [3.8, 4) is 0 Å². The monoisotopic (exact) mass is 389 g/mol. The highest BCUT2D eigenvalue weighted by Crippen LogP contribution is 2.44. The molecule has 0 radical (unpaired) electrons. The highest BCUT2D eigenvalue weighted by molar-refractivity contribution is 5.98. The SMILES string of the molecule is COC(=O)C1=C(c2ccccc2)ON(Cc2ccccc2)[C@@H]1c1ccccc1F. The standard InChI is InChI=1S/C24H20FNO3/c1-28-24(27)21-22(19-14-8-9-15-20(19)25)26(16-17-10-4-2-5-11-17)29-23(21)18-12-6-3-7-13-18/h2-15,22H,16H2,1H3/t22-/m1/s1. The Labute approximate surface area is 168 Å². The minimum atomic E-state index is -0.737. The molecule has 4 rings (SSSR count). The molecule has 0 aliphatic carbocycles. The van der Waals surface area contributed by atoms with E-state index >= 15 is 0 Å². The number of carbonyl (C=O) groups excluding carboxylic acids is 1. The smallest absolute Gasteiger partial charge is 0.339 e. The van der Waals surface area contributed by atoms with Crippen LogP contribution in [0, 0.1) is 5.82 Å². The van der Waals surface area contributed by atoms with Gasteiger partial charge in [0.05, 0.1) is 13.7 Å². The van der Waals surface area contributed by atoms with Crippen LogP contribution in [-0.4, -0.2) is 18.1 Å². The summed E-state index contributed by atoms with van der Waals surface area (Å²) in [6, 6.07) is 24.7. The van der Waals surface area contributed by atoms with Gasteiger partial charge in [0, 0.05) is 11.1 Å². The minimum absolute atomic E-state index is 0.278. The molecule has 1 aliphatic heterocycles. The number of rotatable bonds is 5. The van der Waals surface area contributed by atoms with E-state index < -0.39 is 17.8 Å². The zero-order valence-corrected chi connectivity index (χ0v) is 15.9. The fraction of sp³-hybridized carbons (Fsp3) is 0.125. The highest BCUT2D eigenvalue weighted by atomic mass is 19.1. The lowest BCUT2D eigenvalue weighted by Gasteiger charge is -2.25. The van der Waals surface area contributed by atoms with Crippen LogP contribution in [0.2, 0.25) is 0 Å². The Morgan fingerprint density at radius 3 is 2.24 bits per heavy atom. The number of hydrogen-bond donors (Lipinski definition) is 0. The van der Waals surface area contributed by atoms with Crippen LogP contribution in [0.4, 0.5) is 4.39 Å². The molecule has 4 nitrogen and oxygen atoms in total. The molecule has 0 fully saturated rings. The number of esters is 1. The van der Waals surface area contributed by atoms with Gasteiger partial charge in [0.25, 0.3) is 0 Å². The van der Waals surface area contributed by atoms with Crippen molar-refractivity contribution in [2.24, 2.45) is 0 Å². The van der Waals surface area contributed by atoms with Crippen LogP contribution in [0.5, 0.6) is 0 Å². The third-order valence-corrected chi connectivity index (χ3v) is 4.84. The van der Waals surface area contributed by atoms with E-state index in [4.69, 9.17) is 9.57 Å². The maximum Gasteiger partial charge on any atom is 0.339 e. The molecule has 0 amide bonds. The summed E-state index contributed by atoms with van der Waals surface area (Å²) in [4.78, 5) is 18.9. The van der Waals surface area contributed by atoms with Gasteiger partial charge in [-0.2, -0.15) is 0 Å². The van der Waals surface area contributed by atoms with Gasteiger partial charge < -0.3 is 9.57 Å². The lowest BCUT2D eigenvalue weighted by molar-refractivity contribution is -0.138. The molecule has 0 spiro atoms. The summed E-state index contributed by atoms with van der Waals surface area (Å²) in [5, 5.41) is 1.63. The fourth-order valence-electron chi connectivity index (χ4n) is 3.49. The second kappa shape index (κ2) is 8.29. The molecule has 5 heteroatoms. The first-order chi connectivity index (χ1) is 14.2. The van der Waals surface area contributed by atoms with Crippen molar-refractivity contribution in [2.75, 3.05) is 7.11 Å². The Hall–Kier alpha value is -3.44. The predicted octanol–water partition coefficient (Wildman–Crippen LogP) is 4.90. The number of ether oxygens (including phenoxy) is 1. The van der Waals surface area contributed by atoms with Crippen molar-refractivity contribution >= 4 is 11.7 Å². The molecule has 0 aromatic heterocycles. The molecule has 1 atom stereocenters. The molecule has 0 saturated heterocycles. The Morgan fingerprint density at radius 2 is 1.59 bits per heavy atom. The van der Waals surface area contributed by atoms with Crippen molar-refractivity contribution in [1.82, 2.24) is 5.06 Å². The zero-order valence-electron chi connectivity index (χ0n) is 15.9. The highest BCUT2D eigenvalue weighted by Gasteiger charge is 2.42. The molecule has 0 saturated carbocycles. The molecule has 0 N–H and O–H groups in total. The summed E-state index contributed by atoms with van der Waals surface area (Å²) in [5.74, 6) is -0.579. The molecule has 29 heavy (non-hydrogen) atoms. The Balaban J connectivity index is 1.85. The molecule has 0 unspecified atom stereocenters. The maximum absolute atomic E-state index is 14.8. The minimum Gasteiger partial charge on any atom is -0.465 e. The summed E-state index contributed by atoms with van der Waals surface area (Å²) in [7, 11) is 1.32. The summed E-state index contributed by atoms with van der Waals surface area (Å²) in [6.45, 7) is 0.372. The summed E-state index contributed by atoms with van der Waals surface area (Å²) in [6.07, 6.45) is 0. The second-order valence-electron chi connectivity index (χ2n) is 6.68. The topological polar surface area (TPSA) is 38.8 Å². The molecule has 3 aromatic carbocycles. The van der Waals surface area contributed by atoms with Crippen LogP contribution >= 0.6 is 0 Å². The Morgan fingerprint density at radius 1 is 0.966 bits per heavy atom. The van der Waals surface area contributed by atoms with Gasteiger partial charge in [0.1, 0.15) is 17.4 Å². The van der Waals surface area contributed by atoms with Crippen LogP contribution in [0.25, 0.3) is 5.76 Å². The first-order valence-electron chi connectivity index (χ1n) is 9.30. The van der Waals surface area contributed by atoms with Gasteiger partial charge in [-0.25, -0.2) is 9.18 Å². The van der Waals surface area contributed by atoms with E-state index in [1.807, 2.05) is 60.7 Å². The van der Waals surface area contributed by atoms with Crippen molar-refractivity contribution in [3.05, 3.63) is 113 Å². The van der Waals surface area contributed by atoms with Crippen LogP contribution in [0.15, 0.2) is 90.5 Å². The largest absolute Gasteiger partial charge is 0.465 e. The Kier molecular flexibility index (Phi) is 5.40. The van der Waals surface area contributed by atoms with Crippen molar-refractivity contribution in [2.45, 2.75) is 12.6 Å². The fourth-order valence-corrected chi connectivity index (χ4v) is 3.49.